The van der Waals surface area contributed by atoms with Gasteiger partial charge in [0.25, 0.3) is 0 Å². The molecule has 1 N–H and O–H groups in total. The summed E-state index contributed by atoms with van der Waals surface area (Å²) in [6.45, 7) is 5.66. The number of anilines is 1. The molecule has 1 aromatic rings. The zero-order valence-electron chi connectivity index (χ0n) is 9.43. The Labute approximate surface area is 96.7 Å². The van der Waals surface area contributed by atoms with E-state index in [1.807, 2.05) is 55.5 Å². The van der Waals surface area contributed by atoms with Gasteiger partial charge in [0.2, 0.25) is 0 Å². The SMILES string of the molecule is C=C/C(=C\C=C/C)N=CNc1ccccc1. The molecule has 0 spiro atoms. The van der Waals surface area contributed by atoms with Crippen LogP contribution in [-0.2, 0) is 0 Å². The van der Waals surface area contributed by atoms with Gasteiger partial charge in [0.15, 0.2) is 0 Å². The van der Waals surface area contributed by atoms with Gasteiger partial charge in [0.1, 0.15) is 0 Å². The van der Waals surface area contributed by atoms with Gasteiger partial charge in [-0.3, -0.25) is 0 Å². The highest BCUT2D eigenvalue weighted by atomic mass is 14.9. The molecule has 0 unspecified atom stereocenters. The van der Waals surface area contributed by atoms with E-state index in [1.165, 1.54) is 0 Å². The summed E-state index contributed by atoms with van der Waals surface area (Å²) in [5, 5.41) is 3.08. The summed E-state index contributed by atoms with van der Waals surface area (Å²) < 4.78 is 0. The van der Waals surface area contributed by atoms with Crippen LogP contribution in [-0.4, -0.2) is 6.34 Å². The summed E-state index contributed by atoms with van der Waals surface area (Å²) >= 11 is 0. The molecule has 0 fully saturated rings. The molecule has 2 heteroatoms. The third kappa shape index (κ3) is 4.42. The molecule has 82 valence electrons. The zero-order valence-corrected chi connectivity index (χ0v) is 9.43. The van der Waals surface area contributed by atoms with Crippen molar-refractivity contribution >= 4 is 12.0 Å². The molecule has 0 aliphatic heterocycles. The maximum atomic E-state index is 4.23. The van der Waals surface area contributed by atoms with E-state index in [1.54, 1.807) is 12.4 Å². The highest BCUT2D eigenvalue weighted by molar-refractivity contribution is 5.76. The molecule has 0 saturated heterocycles. The first-order valence-electron chi connectivity index (χ1n) is 5.16. The van der Waals surface area contributed by atoms with Crippen LogP contribution in [0.25, 0.3) is 0 Å². The Morgan fingerprint density at radius 2 is 2.06 bits per heavy atom. The summed E-state index contributed by atoms with van der Waals surface area (Å²) in [6, 6.07) is 9.88. The minimum Gasteiger partial charge on any atom is -0.346 e. The Hall–Kier alpha value is -2.09. The number of benzene rings is 1. The van der Waals surface area contributed by atoms with Gasteiger partial charge in [-0.2, -0.15) is 0 Å². The lowest BCUT2D eigenvalue weighted by molar-refractivity contribution is 1.42. The fourth-order valence-corrected chi connectivity index (χ4v) is 1.07. The molecular weight excluding hydrogens is 196 g/mol. The minimum absolute atomic E-state index is 0.821. The Balaban J connectivity index is 2.56. The maximum Gasteiger partial charge on any atom is 0.0930 e. The van der Waals surface area contributed by atoms with E-state index in [2.05, 4.69) is 16.9 Å². The van der Waals surface area contributed by atoms with E-state index in [4.69, 9.17) is 0 Å². The van der Waals surface area contributed by atoms with E-state index in [9.17, 15) is 0 Å². The van der Waals surface area contributed by atoms with Gasteiger partial charge in [-0.1, -0.05) is 36.9 Å². The van der Waals surface area contributed by atoms with Crippen molar-refractivity contribution in [2.45, 2.75) is 6.92 Å². The molecule has 0 aliphatic carbocycles. The van der Waals surface area contributed by atoms with Crippen LogP contribution in [0, 0.1) is 0 Å². The summed E-state index contributed by atoms with van der Waals surface area (Å²) in [5.41, 5.74) is 1.84. The summed E-state index contributed by atoms with van der Waals surface area (Å²) in [6.07, 6.45) is 9.15. The van der Waals surface area contributed by atoms with Crippen molar-refractivity contribution in [1.82, 2.24) is 0 Å². The van der Waals surface area contributed by atoms with Gasteiger partial charge in [0, 0.05) is 5.69 Å². The second-order valence-electron chi connectivity index (χ2n) is 3.09. The highest BCUT2D eigenvalue weighted by Gasteiger charge is 1.85. The average molecular weight is 212 g/mol. The molecule has 1 rings (SSSR count). The number of allylic oxidation sites excluding steroid dienone is 4. The molecule has 0 aliphatic rings. The number of para-hydroxylation sites is 1. The Kier molecular flexibility index (Phi) is 5.42. The van der Waals surface area contributed by atoms with Gasteiger partial charge in [-0.25, -0.2) is 4.99 Å². The average Bonchev–Trinajstić information content (AvgIpc) is 2.35. The first kappa shape index (κ1) is 12.0. The molecule has 0 heterocycles. The van der Waals surface area contributed by atoms with Crippen LogP contribution >= 0.6 is 0 Å². The van der Waals surface area contributed by atoms with Crippen molar-refractivity contribution in [3.8, 4) is 0 Å². The van der Waals surface area contributed by atoms with E-state index in [0.717, 1.165) is 11.4 Å². The smallest absolute Gasteiger partial charge is 0.0930 e. The molecule has 0 bridgehead atoms. The third-order valence-corrected chi connectivity index (χ3v) is 1.89. The first-order chi connectivity index (χ1) is 7.86. The largest absolute Gasteiger partial charge is 0.346 e. The van der Waals surface area contributed by atoms with Crippen LogP contribution in [0.4, 0.5) is 5.69 Å². The van der Waals surface area contributed by atoms with Crippen molar-refractivity contribution in [2.24, 2.45) is 4.99 Å². The predicted octanol–water partition coefficient (Wildman–Crippen LogP) is 3.77. The summed E-state index contributed by atoms with van der Waals surface area (Å²) in [7, 11) is 0. The second kappa shape index (κ2) is 7.23. The van der Waals surface area contributed by atoms with E-state index < -0.39 is 0 Å². The monoisotopic (exact) mass is 212 g/mol. The number of rotatable bonds is 5. The second-order valence-corrected chi connectivity index (χ2v) is 3.09. The molecule has 2 nitrogen and oxygen atoms in total. The van der Waals surface area contributed by atoms with Gasteiger partial charge in [0.05, 0.1) is 12.0 Å². The standard InChI is InChI=1S/C14H16N2/c1-3-5-9-13(4-2)15-12-16-14-10-7-6-8-11-14/h3-12H,2H2,1H3,(H,15,16)/b5-3-,13-9+. The number of nitrogens with one attached hydrogen (secondary N) is 1. The number of nitrogens with zero attached hydrogens (tertiary/aromatic N) is 1. The Bertz CT molecular complexity index is 400. The Morgan fingerprint density at radius 1 is 1.31 bits per heavy atom. The lowest BCUT2D eigenvalue weighted by Crippen LogP contribution is -1.93. The fourth-order valence-electron chi connectivity index (χ4n) is 1.07. The minimum atomic E-state index is 0.821. The molecular formula is C14H16N2. The van der Waals surface area contributed by atoms with Gasteiger partial charge < -0.3 is 5.32 Å². The van der Waals surface area contributed by atoms with Crippen LogP contribution in [0.5, 0.6) is 0 Å². The van der Waals surface area contributed by atoms with Crippen LogP contribution in [0.2, 0.25) is 0 Å². The lowest BCUT2D eigenvalue weighted by atomic mass is 10.3. The van der Waals surface area contributed by atoms with Crippen molar-refractivity contribution < 1.29 is 0 Å². The van der Waals surface area contributed by atoms with E-state index in [-0.39, 0.29) is 0 Å². The molecule has 0 atom stereocenters. The van der Waals surface area contributed by atoms with Crippen molar-refractivity contribution in [3.05, 3.63) is 66.9 Å². The van der Waals surface area contributed by atoms with Crippen LogP contribution in [0.1, 0.15) is 6.92 Å². The third-order valence-electron chi connectivity index (χ3n) is 1.89. The summed E-state index contributed by atoms with van der Waals surface area (Å²) in [4.78, 5) is 4.23. The van der Waals surface area contributed by atoms with Crippen molar-refractivity contribution in [3.63, 3.8) is 0 Å². The Morgan fingerprint density at radius 3 is 2.69 bits per heavy atom. The van der Waals surface area contributed by atoms with E-state index in [0.29, 0.717) is 0 Å². The van der Waals surface area contributed by atoms with Gasteiger partial charge in [-0.15, -0.1) is 0 Å². The molecule has 16 heavy (non-hydrogen) atoms. The fraction of sp³-hybridized carbons (Fsp3) is 0.0714. The normalized spacial score (nSPS) is 12.2. The quantitative estimate of drug-likeness (QED) is 0.448. The predicted molar refractivity (Wildman–Crippen MR) is 71.7 cm³/mol. The van der Waals surface area contributed by atoms with Crippen LogP contribution < -0.4 is 5.32 Å². The van der Waals surface area contributed by atoms with Crippen molar-refractivity contribution in [1.29, 1.82) is 0 Å². The summed E-state index contributed by atoms with van der Waals surface area (Å²) in [5.74, 6) is 0. The lowest BCUT2D eigenvalue weighted by Gasteiger charge is -1.98. The van der Waals surface area contributed by atoms with Crippen molar-refractivity contribution in [2.75, 3.05) is 5.32 Å². The highest BCUT2D eigenvalue weighted by Crippen LogP contribution is 2.03. The molecule has 0 amide bonds. The zero-order chi connectivity index (χ0) is 11.6. The maximum absolute atomic E-state index is 4.23. The van der Waals surface area contributed by atoms with Crippen LogP contribution in [0.15, 0.2) is 71.9 Å². The number of hydrogen-bond acceptors (Lipinski definition) is 1. The topological polar surface area (TPSA) is 24.4 Å². The molecule has 0 aromatic heterocycles. The van der Waals surface area contributed by atoms with E-state index >= 15 is 0 Å². The number of hydrogen-bond donors (Lipinski definition) is 1. The molecule has 0 saturated carbocycles. The van der Waals surface area contributed by atoms with Gasteiger partial charge in [-0.05, 0) is 31.2 Å². The van der Waals surface area contributed by atoms with Crippen LogP contribution in [0.3, 0.4) is 0 Å². The number of aliphatic imine (C=N–C) groups is 1. The first-order valence-corrected chi connectivity index (χ1v) is 5.16. The molecule has 0 radical (unpaired) electrons. The van der Waals surface area contributed by atoms with Gasteiger partial charge >= 0.3 is 0 Å². The molecule has 1 aromatic carbocycles.